The molecule has 100 valence electrons. The highest BCUT2D eigenvalue weighted by Gasteiger charge is 2.14. The Labute approximate surface area is 115 Å². The first-order valence-corrected chi connectivity index (χ1v) is 6.56. The van der Waals surface area contributed by atoms with E-state index in [1.165, 1.54) is 11.3 Å². The second kappa shape index (κ2) is 5.71. The number of hydrogen-bond donors (Lipinski definition) is 2. The van der Waals surface area contributed by atoms with Gasteiger partial charge >= 0.3 is 0 Å². The van der Waals surface area contributed by atoms with Crippen LogP contribution in [0.15, 0.2) is 24.3 Å². The van der Waals surface area contributed by atoms with Gasteiger partial charge in [-0.3, -0.25) is 4.79 Å². The molecule has 2 aromatic rings. The van der Waals surface area contributed by atoms with E-state index in [1.54, 1.807) is 38.4 Å². The van der Waals surface area contributed by atoms with Crippen LogP contribution in [-0.4, -0.2) is 25.0 Å². The number of ether oxygens (including phenoxy) is 1. The van der Waals surface area contributed by atoms with Crippen LogP contribution < -0.4 is 15.4 Å². The first kappa shape index (κ1) is 13.4. The molecule has 2 rings (SSSR count). The number of amides is 1. The molecular formula is C13H15N3O2S. The number of thiazole rings is 1. The van der Waals surface area contributed by atoms with E-state index < -0.39 is 0 Å². The minimum Gasteiger partial charge on any atom is -0.497 e. The maximum atomic E-state index is 12.1. The Morgan fingerprint density at radius 2 is 2.00 bits per heavy atom. The van der Waals surface area contributed by atoms with Gasteiger partial charge in [-0.05, 0) is 31.2 Å². The molecule has 5 nitrogen and oxygen atoms in total. The summed E-state index contributed by atoms with van der Waals surface area (Å²) in [4.78, 5) is 17.0. The first-order chi connectivity index (χ1) is 9.13. The molecule has 1 aromatic carbocycles. The zero-order chi connectivity index (χ0) is 13.8. The number of aryl methyl sites for hydroxylation is 1. The molecule has 0 unspecified atom stereocenters. The molecule has 0 atom stereocenters. The molecule has 0 radical (unpaired) electrons. The number of carbonyl (C=O) groups excluding carboxylic acids is 1. The van der Waals surface area contributed by atoms with E-state index in [2.05, 4.69) is 15.6 Å². The summed E-state index contributed by atoms with van der Waals surface area (Å²) in [5, 5.41) is 6.50. The van der Waals surface area contributed by atoms with Gasteiger partial charge in [0.15, 0.2) is 5.13 Å². The fourth-order valence-corrected chi connectivity index (χ4v) is 2.39. The lowest BCUT2D eigenvalue weighted by atomic mass is 10.3. The summed E-state index contributed by atoms with van der Waals surface area (Å²) in [7, 11) is 3.39. The van der Waals surface area contributed by atoms with Crippen molar-refractivity contribution < 1.29 is 9.53 Å². The van der Waals surface area contributed by atoms with Crippen LogP contribution in [0.25, 0.3) is 0 Å². The van der Waals surface area contributed by atoms with Gasteiger partial charge in [-0.1, -0.05) is 11.3 Å². The van der Waals surface area contributed by atoms with E-state index in [-0.39, 0.29) is 5.91 Å². The average Bonchev–Trinajstić information content (AvgIpc) is 2.81. The van der Waals surface area contributed by atoms with E-state index in [9.17, 15) is 4.79 Å². The van der Waals surface area contributed by atoms with Crippen LogP contribution in [0.1, 0.15) is 15.4 Å². The van der Waals surface area contributed by atoms with Crippen LogP contribution in [-0.2, 0) is 0 Å². The largest absolute Gasteiger partial charge is 0.497 e. The lowest BCUT2D eigenvalue weighted by Crippen LogP contribution is -2.11. The van der Waals surface area contributed by atoms with E-state index in [0.717, 1.165) is 22.3 Å². The minimum atomic E-state index is -0.151. The highest BCUT2D eigenvalue weighted by atomic mass is 32.1. The number of nitrogens with one attached hydrogen (secondary N) is 2. The third-order valence-corrected chi connectivity index (χ3v) is 3.74. The van der Waals surface area contributed by atoms with Crippen molar-refractivity contribution in [2.45, 2.75) is 6.92 Å². The average molecular weight is 277 g/mol. The molecule has 0 bridgehead atoms. The Hall–Kier alpha value is -2.08. The Balaban J connectivity index is 2.13. The van der Waals surface area contributed by atoms with E-state index in [4.69, 9.17) is 4.74 Å². The van der Waals surface area contributed by atoms with Gasteiger partial charge in [0.1, 0.15) is 10.6 Å². The Morgan fingerprint density at radius 3 is 2.53 bits per heavy atom. The minimum absolute atomic E-state index is 0.151. The molecule has 19 heavy (non-hydrogen) atoms. The normalized spacial score (nSPS) is 10.1. The SMILES string of the molecule is CNc1nc(C)c(C(=O)Nc2ccc(OC)cc2)s1. The van der Waals surface area contributed by atoms with Gasteiger partial charge in [0.25, 0.3) is 5.91 Å². The summed E-state index contributed by atoms with van der Waals surface area (Å²) in [6, 6.07) is 7.19. The zero-order valence-electron chi connectivity index (χ0n) is 11.0. The predicted molar refractivity (Wildman–Crippen MR) is 77.3 cm³/mol. The lowest BCUT2D eigenvalue weighted by molar-refractivity contribution is 0.103. The summed E-state index contributed by atoms with van der Waals surface area (Å²) in [5.41, 5.74) is 1.45. The number of anilines is 2. The highest BCUT2D eigenvalue weighted by Crippen LogP contribution is 2.23. The lowest BCUT2D eigenvalue weighted by Gasteiger charge is -2.05. The molecule has 0 aliphatic rings. The second-order valence-electron chi connectivity index (χ2n) is 3.87. The van der Waals surface area contributed by atoms with Crippen molar-refractivity contribution in [3.8, 4) is 5.75 Å². The fraction of sp³-hybridized carbons (Fsp3) is 0.231. The highest BCUT2D eigenvalue weighted by molar-refractivity contribution is 7.17. The van der Waals surface area contributed by atoms with E-state index >= 15 is 0 Å². The first-order valence-electron chi connectivity index (χ1n) is 5.74. The maximum absolute atomic E-state index is 12.1. The van der Waals surface area contributed by atoms with E-state index in [1.807, 2.05) is 6.92 Å². The molecule has 0 fully saturated rings. The van der Waals surface area contributed by atoms with Crippen molar-refractivity contribution in [3.63, 3.8) is 0 Å². The number of methoxy groups -OCH3 is 1. The number of rotatable bonds is 4. The fourth-order valence-electron chi connectivity index (χ4n) is 1.58. The van der Waals surface area contributed by atoms with Crippen LogP contribution in [0.4, 0.5) is 10.8 Å². The summed E-state index contributed by atoms with van der Waals surface area (Å²) in [6.45, 7) is 1.82. The number of benzene rings is 1. The number of carbonyl (C=O) groups is 1. The molecule has 0 saturated carbocycles. The van der Waals surface area contributed by atoms with Crippen molar-refractivity contribution >= 4 is 28.1 Å². The van der Waals surface area contributed by atoms with Crippen molar-refractivity contribution in [3.05, 3.63) is 34.8 Å². The van der Waals surface area contributed by atoms with Crippen LogP contribution in [0.2, 0.25) is 0 Å². The molecule has 6 heteroatoms. The van der Waals surface area contributed by atoms with E-state index in [0.29, 0.717) is 4.88 Å². The van der Waals surface area contributed by atoms with Crippen molar-refractivity contribution in [2.75, 3.05) is 24.8 Å². The Morgan fingerprint density at radius 1 is 1.32 bits per heavy atom. The van der Waals surface area contributed by atoms with Crippen LogP contribution in [0, 0.1) is 6.92 Å². The third-order valence-electron chi connectivity index (χ3n) is 2.56. The predicted octanol–water partition coefficient (Wildman–Crippen LogP) is 2.75. The molecule has 0 spiro atoms. The Bertz CT molecular complexity index is 578. The summed E-state index contributed by atoms with van der Waals surface area (Å²) in [6.07, 6.45) is 0. The van der Waals surface area contributed by atoms with Crippen molar-refractivity contribution in [2.24, 2.45) is 0 Å². The zero-order valence-corrected chi connectivity index (χ0v) is 11.8. The van der Waals surface area contributed by atoms with Gasteiger partial charge in [-0.15, -0.1) is 0 Å². The number of hydrogen-bond acceptors (Lipinski definition) is 5. The molecule has 0 saturated heterocycles. The molecule has 2 N–H and O–H groups in total. The van der Waals surface area contributed by atoms with Crippen molar-refractivity contribution in [1.82, 2.24) is 4.98 Å². The van der Waals surface area contributed by atoms with Gasteiger partial charge in [0.05, 0.1) is 12.8 Å². The van der Waals surface area contributed by atoms with Gasteiger partial charge < -0.3 is 15.4 Å². The smallest absolute Gasteiger partial charge is 0.267 e. The van der Waals surface area contributed by atoms with Gasteiger partial charge in [-0.25, -0.2) is 4.98 Å². The van der Waals surface area contributed by atoms with Gasteiger partial charge in [0.2, 0.25) is 0 Å². The van der Waals surface area contributed by atoms with Crippen LogP contribution in [0.3, 0.4) is 0 Å². The molecule has 1 aromatic heterocycles. The molecule has 0 aliphatic carbocycles. The maximum Gasteiger partial charge on any atom is 0.267 e. The molecule has 0 aliphatic heterocycles. The summed E-state index contributed by atoms with van der Waals surface area (Å²) < 4.78 is 5.07. The molecule has 1 amide bonds. The monoisotopic (exact) mass is 277 g/mol. The molecular weight excluding hydrogens is 262 g/mol. The summed E-state index contributed by atoms with van der Waals surface area (Å²) >= 11 is 1.34. The second-order valence-corrected chi connectivity index (χ2v) is 4.87. The van der Waals surface area contributed by atoms with Gasteiger partial charge in [0, 0.05) is 12.7 Å². The Kier molecular flexibility index (Phi) is 4.01. The summed E-state index contributed by atoms with van der Waals surface area (Å²) in [5.74, 6) is 0.603. The number of aromatic nitrogens is 1. The third kappa shape index (κ3) is 3.03. The van der Waals surface area contributed by atoms with Gasteiger partial charge in [-0.2, -0.15) is 0 Å². The van der Waals surface area contributed by atoms with Crippen LogP contribution >= 0.6 is 11.3 Å². The van der Waals surface area contributed by atoms with Crippen LogP contribution in [0.5, 0.6) is 5.75 Å². The standard InChI is InChI=1S/C13H15N3O2S/c1-8-11(19-13(14-2)15-8)12(17)16-9-4-6-10(18-3)7-5-9/h4-7H,1-3H3,(H,14,15)(H,16,17). The van der Waals surface area contributed by atoms with Crippen molar-refractivity contribution in [1.29, 1.82) is 0 Å². The number of nitrogens with zero attached hydrogens (tertiary/aromatic N) is 1. The molecule has 1 heterocycles. The quantitative estimate of drug-likeness (QED) is 0.902. The topological polar surface area (TPSA) is 63.2 Å².